The van der Waals surface area contributed by atoms with Crippen molar-refractivity contribution in [3.63, 3.8) is 0 Å². The van der Waals surface area contributed by atoms with Gasteiger partial charge in [0, 0.05) is 12.2 Å². The van der Waals surface area contributed by atoms with Crippen molar-refractivity contribution in [3.05, 3.63) is 30.3 Å². The number of anilines is 1. The molecule has 1 rings (SSSR count). The van der Waals surface area contributed by atoms with Crippen LogP contribution in [0.3, 0.4) is 0 Å². The van der Waals surface area contributed by atoms with Crippen LogP contribution < -0.4 is 4.90 Å². The maximum atomic E-state index is 12.1. The summed E-state index contributed by atoms with van der Waals surface area (Å²) in [6.45, 7) is 7.35. The number of benzene rings is 1. The average molecular weight is 249 g/mol. The van der Waals surface area contributed by atoms with E-state index in [9.17, 15) is 4.79 Å². The van der Waals surface area contributed by atoms with Crippen LogP contribution in [0.25, 0.3) is 0 Å². The predicted molar refractivity (Wildman–Crippen MR) is 74.9 cm³/mol. The minimum Gasteiger partial charge on any atom is -0.449 e. The number of nitrogens with zero attached hydrogens (tertiary/aromatic N) is 1. The number of ether oxygens (including phenoxy) is 1. The number of unbranched alkanes of at least 4 members (excludes halogenated alkanes) is 1. The molecule has 0 unspecified atom stereocenters. The minimum absolute atomic E-state index is 0.247. The van der Waals surface area contributed by atoms with E-state index in [2.05, 4.69) is 6.92 Å². The quantitative estimate of drug-likeness (QED) is 0.760. The highest BCUT2D eigenvalue weighted by Gasteiger charge is 2.16. The Kier molecular flexibility index (Phi) is 6.26. The molecule has 0 saturated heterocycles. The van der Waals surface area contributed by atoms with E-state index in [1.54, 1.807) is 4.90 Å². The van der Waals surface area contributed by atoms with Gasteiger partial charge in [0.25, 0.3) is 0 Å². The molecule has 0 spiro atoms. The molecule has 0 N–H and O–H groups in total. The zero-order valence-electron chi connectivity index (χ0n) is 11.6. The van der Waals surface area contributed by atoms with Crippen molar-refractivity contribution in [1.82, 2.24) is 0 Å². The summed E-state index contributed by atoms with van der Waals surface area (Å²) in [5.74, 6) is 0.359. The molecule has 0 aliphatic carbocycles. The largest absolute Gasteiger partial charge is 0.449 e. The van der Waals surface area contributed by atoms with Crippen molar-refractivity contribution < 1.29 is 9.53 Å². The molecule has 0 atom stereocenters. The number of rotatable bonds is 6. The normalized spacial score (nSPS) is 10.4. The molecule has 0 aliphatic heterocycles. The molecule has 1 aromatic rings. The highest BCUT2D eigenvalue weighted by Crippen LogP contribution is 2.15. The molecule has 1 amide bonds. The second-order valence-electron chi connectivity index (χ2n) is 4.81. The fraction of sp³-hybridized carbons (Fsp3) is 0.533. The van der Waals surface area contributed by atoms with E-state index in [0.29, 0.717) is 19.1 Å². The van der Waals surface area contributed by atoms with Crippen LogP contribution in [0.2, 0.25) is 0 Å². The SMILES string of the molecule is CCCCN(C(=O)OCC(C)C)c1ccccc1. The van der Waals surface area contributed by atoms with Gasteiger partial charge in [-0.05, 0) is 24.5 Å². The lowest BCUT2D eigenvalue weighted by molar-refractivity contribution is 0.140. The lowest BCUT2D eigenvalue weighted by Crippen LogP contribution is -2.33. The molecule has 3 nitrogen and oxygen atoms in total. The lowest BCUT2D eigenvalue weighted by Gasteiger charge is -2.22. The van der Waals surface area contributed by atoms with Crippen molar-refractivity contribution in [2.24, 2.45) is 5.92 Å². The first-order valence-electron chi connectivity index (χ1n) is 6.64. The fourth-order valence-corrected chi connectivity index (χ4v) is 1.57. The van der Waals surface area contributed by atoms with Gasteiger partial charge < -0.3 is 4.74 Å². The van der Waals surface area contributed by atoms with Crippen LogP contribution in [0.4, 0.5) is 10.5 Å². The molecule has 0 fully saturated rings. The Balaban J connectivity index is 2.69. The summed E-state index contributed by atoms with van der Waals surface area (Å²) in [7, 11) is 0. The van der Waals surface area contributed by atoms with Gasteiger partial charge in [0.2, 0.25) is 0 Å². The van der Waals surface area contributed by atoms with E-state index in [0.717, 1.165) is 18.5 Å². The molecule has 18 heavy (non-hydrogen) atoms. The van der Waals surface area contributed by atoms with Gasteiger partial charge >= 0.3 is 6.09 Å². The summed E-state index contributed by atoms with van der Waals surface area (Å²) >= 11 is 0. The van der Waals surface area contributed by atoms with Gasteiger partial charge in [-0.25, -0.2) is 4.79 Å². The van der Waals surface area contributed by atoms with Crippen molar-refractivity contribution in [2.45, 2.75) is 33.6 Å². The monoisotopic (exact) mass is 249 g/mol. The zero-order valence-corrected chi connectivity index (χ0v) is 11.6. The smallest absolute Gasteiger partial charge is 0.414 e. The molecule has 0 radical (unpaired) electrons. The fourth-order valence-electron chi connectivity index (χ4n) is 1.57. The minimum atomic E-state index is -0.247. The van der Waals surface area contributed by atoms with Gasteiger partial charge in [-0.2, -0.15) is 0 Å². The number of carbonyl (C=O) groups excluding carboxylic acids is 1. The number of amides is 1. The van der Waals surface area contributed by atoms with Crippen LogP contribution in [0.1, 0.15) is 33.6 Å². The topological polar surface area (TPSA) is 29.5 Å². The first kappa shape index (κ1) is 14.6. The summed E-state index contributed by atoms with van der Waals surface area (Å²) < 4.78 is 5.30. The van der Waals surface area contributed by atoms with E-state index < -0.39 is 0 Å². The van der Waals surface area contributed by atoms with Gasteiger partial charge in [-0.3, -0.25) is 4.90 Å². The molecule has 3 heteroatoms. The van der Waals surface area contributed by atoms with E-state index in [1.807, 2.05) is 44.2 Å². The molecule has 0 saturated carbocycles. The van der Waals surface area contributed by atoms with Crippen molar-refractivity contribution in [2.75, 3.05) is 18.1 Å². The number of carbonyl (C=O) groups is 1. The molecule has 0 aliphatic rings. The Morgan fingerprint density at radius 2 is 1.94 bits per heavy atom. The summed E-state index contributed by atoms with van der Waals surface area (Å²) in [6.07, 6.45) is 1.79. The Bertz CT molecular complexity index is 349. The summed E-state index contributed by atoms with van der Waals surface area (Å²) in [4.78, 5) is 13.8. The van der Waals surface area contributed by atoms with Gasteiger partial charge in [0.05, 0.1) is 6.61 Å². The summed E-state index contributed by atoms with van der Waals surface area (Å²) in [5.41, 5.74) is 0.903. The van der Waals surface area contributed by atoms with Gasteiger partial charge in [0.15, 0.2) is 0 Å². The van der Waals surface area contributed by atoms with E-state index >= 15 is 0 Å². The van der Waals surface area contributed by atoms with Gasteiger partial charge in [-0.1, -0.05) is 45.4 Å². The van der Waals surface area contributed by atoms with Gasteiger partial charge in [0.1, 0.15) is 0 Å². The molecule has 0 aromatic heterocycles. The third kappa shape index (κ3) is 4.78. The third-order valence-electron chi connectivity index (χ3n) is 2.56. The van der Waals surface area contributed by atoms with Crippen LogP contribution in [0.15, 0.2) is 30.3 Å². The Morgan fingerprint density at radius 3 is 2.50 bits per heavy atom. The van der Waals surface area contributed by atoms with E-state index in [4.69, 9.17) is 4.74 Å². The molecule has 0 bridgehead atoms. The van der Waals surface area contributed by atoms with Crippen LogP contribution in [0, 0.1) is 5.92 Å². The van der Waals surface area contributed by atoms with E-state index in [-0.39, 0.29) is 6.09 Å². The summed E-state index contributed by atoms with van der Waals surface area (Å²) in [5, 5.41) is 0. The van der Waals surface area contributed by atoms with Crippen LogP contribution >= 0.6 is 0 Å². The molecule has 1 aromatic carbocycles. The molecule has 0 heterocycles. The second-order valence-corrected chi connectivity index (χ2v) is 4.81. The standard InChI is InChI=1S/C15H23NO2/c1-4-5-11-16(14-9-7-6-8-10-14)15(17)18-12-13(2)3/h6-10,13H,4-5,11-12H2,1-3H3. The maximum Gasteiger partial charge on any atom is 0.414 e. The highest BCUT2D eigenvalue weighted by atomic mass is 16.6. The van der Waals surface area contributed by atoms with Crippen molar-refractivity contribution >= 4 is 11.8 Å². The Morgan fingerprint density at radius 1 is 1.28 bits per heavy atom. The first-order valence-corrected chi connectivity index (χ1v) is 6.64. The molecular formula is C15H23NO2. The first-order chi connectivity index (χ1) is 8.65. The lowest BCUT2D eigenvalue weighted by atomic mass is 10.2. The number of para-hydroxylation sites is 1. The van der Waals surface area contributed by atoms with Gasteiger partial charge in [-0.15, -0.1) is 0 Å². The van der Waals surface area contributed by atoms with Crippen LogP contribution in [-0.4, -0.2) is 19.2 Å². The highest BCUT2D eigenvalue weighted by molar-refractivity contribution is 5.87. The number of hydrogen-bond donors (Lipinski definition) is 0. The van der Waals surface area contributed by atoms with Crippen molar-refractivity contribution in [3.8, 4) is 0 Å². The second kappa shape index (κ2) is 7.75. The maximum absolute atomic E-state index is 12.1. The van der Waals surface area contributed by atoms with Crippen LogP contribution in [0.5, 0.6) is 0 Å². The molecule has 100 valence electrons. The zero-order chi connectivity index (χ0) is 13.4. The average Bonchev–Trinajstić information content (AvgIpc) is 2.38. The summed E-state index contributed by atoms with van der Waals surface area (Å²) in [6, 6.07) is 9.69. The molecular weight excluding hydrogens is 226 g/mol. The van der Waals surface area contributed by atoms with Crippen LogP contribution in [-0.2, 0) is 4.74 Å². The third-order valence-corrected chi connectivity index (χ3v) is 2.56. The Labute approximate surface area is 110 Å². The predicted octanol–water partition coefficient (Wildman–Crippen LogP) is 4.09. The Hall–Kier alpha value is -1.51. The number of hydrogen-bond acceptors (Lipinski definition) is 2. The van der Waals surface area contributed by atoms with Crippen molar-refractivity contribution in [1.29, 1.82) is 0 Å². The van der Waals surface area contributed by atoms with E-state index in [1.165, 1.54) is 0 Å².